The fourth-order valence-corrected chi connectivity index (χ4v) is 3.72. The van der Waals surface area contributed by atoms with Gasteiger partial charge in [0.2, 0.25) is 0 Å². The molecule has 0 aromatic carbocycles. The minimum atomic E-state index is -0.701. The highest BCUT2D eigenvalue weighted by atomic mass is 16.6. The molecule has 0 aliphatic heterocycles. The molecule has 0 fully saturated rings. The highest BCUT2D eigenvalue weighted by Crippen LogP contribution is 2.18. The van der Waals surface area contributed by atoms with E-state index in [1.165, 1.54) is 42.7 Å². The number of methoxy groups -OCH3 is 6. The molecular formula is C35H56N2O12. The van der Waals surface area contributed by atoms with Gasteiger partial charge in [-0.05, 0) is 83.1 Å². The summed E-state index contributed by atoms with van der Waals surface area (Å²) in [4.78, 5) is 72.4. The number of hydrogen-bond donors (Lipinski definition) is 0. The number of carbonyl (C=O) groups excluding carboxylic acids is 6. The molecule has 0 radical (unpaired) electrons. The van der Waals surface area contributed by atoms with Crippen LogP contribution < -0.4 is 0 Å². The SMILES string of the molecule is CC/C=C/C(C)=C(C(=O)OC)C(=O)OC.CCC(CC(C)=C(C(=O)OC)C(=O)OC)N(C)C.COC(=O)C(C(=O)OC)=C(C)/C=C/N(C)C. The summed E-state index contributed by atoms with van der Waals surface area (Å²) in [6.45, 7) is 9.08. The number of nitrogens with zero attached hydrogens (tertiary/aromatic N) is 2. The Labute approximate surface area is 291 Å². The number of rotatable bonds is 14. The number of esters is 6. The van der Waals surface area contributed by atoms with Crippen molar-refractivity contribution in [3.8, 4) is 0 Å². The van der Waals surface area contributed by atoms with Gasteiger partial charge in [0.15, 0.2) is 0 Å². The highest BCUT2D eigenvalue weighted by molar-refractivity contribution is 6.16. The summed E-state index contributed by atoms with van der Waals surface area (Å²) in [5, 5.41) is 0. The van der Waals surface area contributed by atoms with Gasteiger partial charge in [-0.1, -0.05) is 26.0 Å². The number of ether oxygens (including phenoxy) is 6. The third kappa shape index (κ3) is 19.0. The quantitative estimate of drug-likeness (QED) is 0.0644. The predicted molar refractivity (Wildman–Crippen MR) is 185 cm³/mol. The Hall–Kier alpha value is -4.72. The first-order valence-electron chi connectivity index (χ1n) is 15.2. The van der Waals surface area contributed by atoms with Gasteiger partial charge in [0, 0.05) is 20.1 Å². The molecule has 0 saturated carbocycles. The van der Waals surface area contributed by atoms with Gasteiger partial charge in [0.25, 0.3) is 0 Å². The molecule has 0 aromatic rings. The third-order valence-electron chi connectivity index (χ3n) is 6.52. The number of allylic oxidation sites excluding steroid dienone is 5. The van der Waals surface area contributed by atoms with E-state index in [-0.39, 0.29) is 22.8 Å². The Balaban J connectivity index is -0.000000651. The van der Waals surface area contributed by atoms with Crippen molar-refractivity contribution in [2.45, 2.75) is 59.9 Å². The molecule has 14 heteroatoms. The van der Waals surface area contributed by atoms with Crippen molar-refractivity contribution in [1.82, 2.24) is 9.80 Å². The molecule has 49 heavy (non-hydrogen) atoms. The molecule has 1 atom stereocenters. The van der Waals surface area contributed by atoms with Crippen molar-refractivity contribution in [3.63, 3.8) is 0 Å². The molecule has 0 aliphatic carbocycles. The van der Waals surface area contributed by atoms with Crippen LogP contribution in [-0.2, 0) is 57.2 Å². The van der Waals surface area contributed by atoms with Crippen LogP contribution in [0.25, 0.3) is 0 Å². The van der Waals surface area contributed by atoms with Crippen molar-refractivity contribution < 1.29 is 57.2 Å². The molecule has 0 saturated heterocycles. The smallest absolute Gasteiger partial charge is 0.345 e. The molecule has 0 heterocycles. The van der Waals surface area contributed by atoms with Crippen molar-refractivity contribution in [2.75, 3.05) is 70.8 Å². The maximum Gasteiger partial charge on any atom is 0.345 e. The Morgan fingerprint density at radius 2 is 0.878 bits per heavy atom. The van der Waals surface area contributed by atoms with Crippen LogP contribution in [0.1, 0.15) is 53.9 Å². The zero-order valence-corrected chi connectivity index (χ0v) is 31.8. The Bertz CT molecular complexity index is 1220. The standard InChI is InChI=1S/C13H23NO4.C11H17NO4.C11H16O4/c1-7-10(14(3)4)8-9(2)11(12(15)17-5)13(16)18-6;1-8(6-7-12(2)3)9(10(13)15-4)11(14)16-5;1-5-6-7-8(2)9(10(12)14-3)11(13)15-4/h10H,7-8H2,1-6H3;6-7H,1-5H3;6-7H,5H2,1-4H3/b;2*7-6+. The minimum Gasteiger partial charge on any atom is -0.465 e. The third-order valence-corrected chi connectivity index (χ3v) is 6.52. The molecule has 0 spiro atoms. The van der Waals surface area contributed by atoms with Crippen molar-refractivity contribution in [2.24, 2.45) is 0 Å². The molecule has 278 valence electrons. The summed E-state index contributed by atoms with van der Waals surface area (Å²) >= 11 is 0. The zero-order chi connectivity index (χ0) is 38.9. The summed E-state index contributed by atoms with van der Waals surface area (Å²) in [6.07, 6.45) is 9.30. The van der Waals surface area contributed by atoms with Crippen LogP contribution in [0.4, 0.5) is 0 Å². The lowest BCUT2D eigenvalue weighted by Gasteiger charge is -2.23. The summed E-state index contributed by atoms with van der Waals surface area (Å²) in [7, 11) is 15.0. The van der Waals surface area contributed by atoms with E-state index in [1.54, 1.807) is 44.0 Å². The monoisotopic (exact) mass is 696 g/mol. The fourth-order valence-electron chi connectivity index (χ4n) is 3.72. The van der Waals surface area contributed by atoms with Gasteiger partial charge in [-0.25, -0.2) is 28.8 Å². The summed E-state index contributed by atoms with van der Waals surface area (Å²) in [6, 6.07) is 0.273. The van der Waals surface area contributed by atoms with Gasteiger partial charge in [-0.3, -0.25) is 0 Å². The molecule has 0 amide bonds. The van der Waals surface area contributed by atoms with Crippen LogP contribution in [-0.4, -0.2) is 123 Å². The van der Waals surface area contributed by atoms with Gasteiger partial charge in [-0.2, -0.15) is 0 Å². The second kappa shape index (κ2) is 27.3. The van der Waals surface area contributed by atoms with E-state index in [2.05, 4.69) is 40.2 Å². The fraction of sp³-hybridized carbons (Fsp3) is 0.543. The van der Waals surface area contributed by atoms with Crippen LogP contribution in [0.15, 0.2) is 57.9 Å². The number of carbonyl (C=O) groups is 6. The minimum absolute atomic E-state index is 0.000278. The van der Waals surface area contributed by atoms with Crippen LogP contribution in [0.5, 0.6) is 0 Å². The van der Waals surface area contributed by atoms with Crippen LogP contribution >= 0.6 is 0 Å². The maximum absolute atomic E-state index is 11.6. The van der Waals surface area contributed by atoms with Crippen LogP contribution in [0.2, 0.25) is 0 Å². The lowest BCUT2D eigenvalue weighted by molar-refractivity contribution is -0.145. The summed E-state index contributed by atoms with van der Waals surface area (Å²) in [5.41, 5.74) is 1.56. The first-order chi connectivity index (χ1) is 22.9. The van der Waals surface area contributed by atoms with Gasteiger partial charge in [-0.15, -0.1) is 0 Å². The van der Waals surface area contributed by atoms with E-state index in [9.17, 15) is 28.8 Å². The van der Waals surface area contributed by atoms with Crippen molar-refractivity contribution in [3.05, 3.63) is 57.9 Å². The van der Waals surface area contributed by atoms with Crippen molar-refractivity contribution >= 4 is 35.8 Å². The van der Waals surface area contributed by atoms with Gasteiger partial charge in [0.1, 0.15) is 16.7 Å². The second-order valence-corrected chi connectivity index (χ2v) is 10.5. The van der Waals surface area contributed by atoms with Crippen LogP contribution in [0, 0.1) is 0 Å². The molecule has 14 nitrogen and oxygen atoms in total. The average Bonchev–Trinajstić information content (AvgIpc) is 3.08. The molecule has 0 aromatic heterocycles. The van der Waals surface area contributed by atoms with E-state index in [0.717, 1.165) is 12.8 Å². The lowest BCUT2D eigenvalue weighted by atomic mass is 9.99. The molecule has 0 aliphatic rings. The van der Waals surface area contributed by atoms with Crippen LogP contribution in [0.3, 0.4) is 0 Å². The van der Waals surface area contributed by atoms with E-state index in [4.69, 9.17) is 0 Å². The topological polar surface area (TPSA) is 164 Å². The predicted octanol–water partition coefficient (Wildman–Crippen LogP) is 3.72. The lowest BCUT2D eigenvalue weighted by Crippen LogP contribution is -2.28. The second-order valence-electron chi connectivity index (χ2n) is 10.5. The highest BCUT2D eigenvalue weighted by Gasteiger charge is 2.25. The Morgan fingerprint density at radius 3 is 1.14 bits per heavy atom. The van der Waals surface area contributed by atoms with Gasteiger partial charge < -0.3 is 38.2 Å². The molecule has 0 N–H and O–H groups in total. The maximum atomic E-state index is 11.6. The summed E-state index contributed by atoms with van der Waals surface area (Å²) in [5.74, 6) is -4.05. The zero-order valence-electron chi connectivity index (χ0n) is 31.8. The first-order valence-corrected chi connectivity index (χ1v) is 15.2. The van der Waals surface area contributed by atoms with E-state index >= 15 is 0 Å². The van der Waals surface area contributed by atoms with E-state index in [0.29, 0.717) is 23.1 Å². The summed E-state index contributed by atoms with van der Waals surface area (Å²) < 4.78 is 27.3. The number of hydrogen-bond acceptors (Lipinski definition) is 14. The normalized spacial score (nSPS) is 10.6. The Morgan fingerprint density at radius 1 is 0.551 bits per heavy atom. The van der Waals surface area contributed by atoms with Gasteiger partial charge >= 0.3 is 35.8 Å². The van der Waals surface area contributed by atoms with E-state index < -0.39 is 35.8 Å². The van der Waals surface area contributed by atoms with E-state index in [1.807, 2.05) is 41.2 Å². The Kier molecular flexibility index (Phi) is 27.1. The molecule has 0 bridgehead atoms. The average molecular weight is 697 g/mol. The van der Waals surface area contributed by atoms with Crippen molar-refractivity contribution in [1.29, 1.82) is 0 Å². The molecule has 0 rings (SSSR count). The first kappa shape index (κ1) is 48.7. The van der Waals surface area contributed by atoms with Gasteiger partial charge in [0.05, 0.1) is 42.7 Å². The molecular weight excluding hydrogens is 640 g/mol. The largest absolute Gasteiger partial charge is 0.465 e. The molecule has 1 unspecified atom stereocenters.